The number of hydrogen-bond donors (Lipinski definition) is 1. The zero-order chi connectivity index (χ0) is 11.2. The van der Waals surface area contributed by atoms with Crippen LogP contribution in [0.1, 0.15) is 28.5 Å². The smallest absolute Gasteiger partial charge is 0.163 e. The van der Waals surface area contributed by atoms with Crippen LogP contribution in [0, 0.1) is 0 Å². The van der Waals surface area contributed by atoms with Crippen LogP contribution >= 0.6 is 0 Å². The highest BCUT2D eigenvalue weighted by Gasteiger charge is 2.27. The summed E-state index contributed by atoms with van der Waals surface area (Å²) < 4.78 is 22.6. The van der Waals surface area contributed by atoms with Gasteiger partial charge in [-0.3, -0.25) is 4.79 Å². The summed E-state index contributed by atoms with van der Waals surface area (Å²) in [6.45, 7) is 1.38. The maximum absolute atomic E-state index is 11.3. The molecule has 5 nitrogen and oxygen atoms in total. The molecule has 0 amide bonds. The number of pyridine rings is 1. The lowest BCUT2D eigenvalue weighted by Gasteiger charge is -2.03. The molecule has 0 atom stereocenters. The average Bonchev–Trinajstić information content (AvgIpc) is 2.36. The van der Waals surface area contributed by atoms with Crippen LogP contribution in [0.3, 0.4) is 0 Å². The summed E-state index contributed by atoms with van der Waals surface area (Å²) in [4.78, 5) is 15.1. The molecule has 1 aromatic rings. The molecule has 15 heavy (non-hydrogen) atoms. The topological polar surface area (TPSA) is 90.1 Å². The highest BCUT2D eigenvalue weighted by Crippen LogP contribution is 2.26. The van der Waals surface area contributed by atoms with Gasteiger partial charge in [-0.15, -0.1) is 0 Å². The lowest BCUT2D eigenvalue weighted by atomic mass is 10.1. The molecule has 2 heterocycles. The van der Waals surface area contributed by atoms with E-state index in [1.807, 2.05) is 0 Å². The predicted molar refractivity (Wildman–Crippen MR) is 55.0 cm³/mol. The van der Waals surface area contributed by atoms with E-state index in [9.17, 15) is 13.2 Å². The minimum absolute atomic E-state index is 0.0457. The summed E-state index contributed by atoms with van der Waals surface area (Å²) >= 11 is 0. The maximum atomic E-state index is 11.3. The summed E-state index contributed by atoms with van der Waals surface area (Å²) in [7, 11) is -3.09. The third kappa shape index (κ3) is 1.72. The first-order valence-corrected chi connectivity index (χ1v) is 6.21. The number of aromatic nitrogens is 1. The zero-order valence-corrected chi connectivity index (χ0v) is 8.97. The van der Waals surface area contributed by atoms with Crippen LogP contribution in [0.15, 0.2) is 6.07 Å². The highest BCUT2D eigenvalue weighted by molar-refractivity contribution is 7.90. The summed E-state index contributed by atoms with van der Waals surface area (Å²) in [5.74, 6) is -0.217. The van der Waals surface area contributed by atoms with E-state index in [1.165, 1.54) is 13.0 Å². The summed E-state index contributed by atoms with van der Waals surface area (Å²) in [5, 5.41) is 0. The predicted octanol–water partition coefficient (Wildman–Crippen LogP) is 0.295. The van der Waals surface area contributed by atoms with Crippen molar-refractivity contribution in [3.8, 4) is 0 Å². The molecular weight excluding hydrogens is 216 g/mol. The number of carbonyl (C=O) groups is 1. The zero-order valence-electron chi connectivity index (χ0n) is 8.15. The van der Waals surface area contributed by atoms with Crippen LogP contribution in [-0.2, 0) is 21.3 Å². The number of nitrogens with zero attached hydrogens (tertiary/aromatic N) is 1. The number of sulfone groups is 1. The second-order valence-electron chi connectivity index (χ2n) is 3.62. The van der Waals surface area contributed by atoms with Gasteiger partial charge in [-0.1, -0.05) is 0 Å². The van der Waals surface area contributed by atoms with E-state index in [2.05, 4.69) is 4.98 Å². The van der Waals surface area contributed by atoms with Crippen molar-refractivity contribution < 1.29 is 13.2 Å². The number of ketones is 1. The Labute approximate surface area is 87.2 Å². The Hall–Kier alpha value is -1.43. The molecule has 0 spiro atoms. The first-order valence-electron chi connectivity index (χ1n) is 4.39. The lowest BCUT2D eigenvalue weighted by Crippen LogP contribution is -2.05. The summed E-state index contributed by atoms with van der Waals surface area (Å²) in [5.41, 5.74) is 6.92. The van der Waals surface area contributed by atoms with E-state index >= 15 is 0 Å². The van der Waals surface area contributed by atoms with Crippen molar-refractivity contribution in [1.29, 1.82) is 0 Å². The standard InChI is InChI=1S/C9H10N2O3S/c1-5(12)7-2-6-3-15(13,14)4-8(6)11-9(7)10/h2H,3-4H2,1H3,(H2,10,11). The molecule has 0 radical (unpaired) electrons. The second kappa shape index (κ2) is 3.03. The van der Waals surface area contributed by atoms with Gasteiger partial charge in [-0.05, 0) is 18.6 Å². The van der Waals surface area contributed by atoms with Crippen molar-refractivity contribution >= 4 is 21.4 Å². The second-order valence-corrected chi connectivity index (χ2v) is 5.68. The van der Waals surface area contributed by atoms with Gasteiger partial charge in [0.2, 0.25) is 0 Å². The van der Waals surface area contributed by atoms with Crippen LogP contribution in [0.25, 0.3) is 0 Å². The van der Waals surface area contributed by atoms with E-state index in [1.54, 1.807) is 0 Å². The molecule has 0 fully saturated rings. The monoisotopic (exact) mass is 226 g/mol. The maximum Gasteiger partial charge on any atom is 0.163 e. The van der Waals surface area contributed by atoms with E-state index in [0.29, 0.717) is 16.8 Å². The molecule has 1 aromatic heterocycles. The van der Waals surface area contributed by atoms with Gasteiger partial charge in [0.25, 0.3) is 0 Å². The van der Waals surface area contributed by atoms with Gasteiger partial charge >= 0.3 is 0 Å². The van der Waals surface area contributed by atoms with Gasteiger partial charge in [0, 0.05) is 0 Å². The van der Waals surface area contributed by atoms with E-state index in [4.69, 9.17) is 5.73 Å². The van der Waals surface area contributed by atoms with Crippen molar-refractivity contribution in [3.05, 3.63) is 22.9 Å². The molecule has 0 unspecified atom stereocenters. The Balaban J connectivity index is 2.59. The van der Waals surface area contributed by atoms with Crippen LogP contribution in [0.4, 0.5) is 5.82 Å². The number of Topliss-reactive ketones (excluding diaryl/α,β-unsaturated/α-hetero) is 1. The molecule has 0 aliphatic carbocycles. The normalized spacial score (nSPS) is 17.4. The number of rotatable bonds is 1. The molecule has 1 aliphatic heterocycles. The fourth-order valence-electron chi connectivity index (χ4n) is 1.64. The van der Waals surface area contributed by atoms with Gasteiger partial charge in [0.15, 0.2) is 15.6 Å². The Bertz CT molecular complexity index is 549. The molecule has 0 aromatic carbocycles. The van der Waals surface area contributed by atoms with Crippen molar-refractivity contribution in [2.75, 3.05) is 5.73 Å². The van der Waals surface area contributed by atoms with Crippen molar-refractivity contribution in [1.82, 2.24) is 4.98 Å². The molecule has 0 bridgehead atoms. The number of fused-ring (bicyclic) bond motifs is 1. The first kappa shape index (κ1) is 10.1. The quantitative estimate of drug-likeness (QED) is 0.695. The summed E-state index contributed by atoms with van der Waals surface area (Å²) in [6, 6.07) is 1.53. The highest BCUT2D eigenvalue weighted by atomic mass is 32.2. The molecule has 1 aliphatic rings. The summed E-state index contributed by atoms with van der Waals surface area (Å²) in [6.07, 6.45) is 0. The van der Waals surface area contributed by atoms with E-state index < -0.39 is 9.84 Å². The van der Waals surface area contributed by atoms with Crippen molar-refractivity contribution in [2.45, 2.75) is 18.4 Å². The number of nitrogens with two attached hydrogens (primary N) is 1. The molecule has 6 heteroatoms. The fourth-order valence-corrected chi connectivity index (χ4v) is 3.13. The molecule has 0 saturated heterocycles. The first-order chi connectivity index (χ1) is 6.89. The molecule has 80 valence electrons. The number of carbonyl (C=O) groups excluding carboxylic acids is 1. The Morgan fingerprint density at radius 1 is 1.47 bits per heavy atom. The fraction of sp³-hybridized carbons (Fsp3) is 0.333. The number of nitrogen functional groups attached to an aromatic ring is 1. The number of anilines is 1. The van der Waals surface area contributed by atoms with Crippen molar-refractivity contribution in [2.24, 2.45) is 0 Å². The lowest BCUT2D eigenvalue weighted by molar-refractivity contribution is 0.101. The molecule has 0 saturated carbocycles. The average molecular weight is 226 g/mol. The molecular formula is C9H10N2O3S. The third-order valence-corrected chi connectivity index (χ3v) is 3.80. The van der Waals surface area contributed by atoms with Crippen LogP contribution in [0.2, 0.25) is 0 Å². The van der Waals surface area contributed by atoms with Crippen molar-refractivity contribution in [3.63, 3.8) is 0 Å². The van der Waals surface area contributed by atoms with Crippen LogP contribution < -0.4 is 5.73 Å². The minimum atomic E-state index is -3.09. The van der Waals surface area contributed by atoms with Gasteiger partial charge < -0.3 is 5.73 Å². The van der Waals surface area contributed by atoms with Gasteiger partial charge in [0.05, 0.1) is 22.8 Å². The number of hydrogen-bond acceptors (Lipinski definition) is 5. The van der Waals surface area contributed by atoms with E-state index in [-0.39, 0.29) is 23.1 Å². The minimum Gasteiger partial charge on any atom is -0.383 e. The Morgan fingerprint density at radius 3 is 2.73 bits per heavy atom. The van der Waals surface area contributed by atoms with Gasteiger partial charge in [0.1, 0.15) is 5.82 Å². The molecule has 2 rings (SSSR count). The van der Waals surface area contributed by atoms with E-state index in [0.717, 1.165) is 0 Å². The van der Waals surface area contributed by atoms with Crippen LogP contribution in [-0.4, -0.2) is 19.2 Å². The van der Waals surface area contributed by atoms with Gasteiger partial charge in [-0.25, -0.2) is 13.4 Å². The third-order valence-electron chi connectivity index (χ3n) is 2.33. The Morgan fingerprint density at radius 2 is 2.13 bits per heavy atom. The van der Waals surface area contributed by atoms with Gasteiger partial charge in [-0.2, -0.15) is 0 Å². The SMILES string of the molecule is CC(=O)c1cc2c(nc1N)CS(=O)(=O)C2. The molecule has 2 N–H and O–H groups in total. The largest absolute Gasteiger partial charge is 0.383 e. The van der Waals surface area contributed by atoms with Crippen LogP contribution in [0.5, 0.6) is 0 Å². The Kier molecular flexibility index (Phi) is 2.04.